The molecule has 1 atom stereocenters. The van der Waals surface area contributed by atoms with Gasteiger partial charge in [0.1, 0.15) is 19.2 Å². The Morgan fingerprint density at radius 1 is 1.03 bits per heavy atom. The van der Waals surface area contributed by atoms with Crippen molar-refractivity contribution < 1.29 is 33.0 Å². The highest BCUT2D eigenvalue weighted by Crippen LogP contribution is 2.44. The first kappa shape index (κ1) is 22.7. The number of alkyl halides is 2. The molecule has 0 radical (unpaired) electrons. The molecule has 1 saturated carbocycles. The first-order valence-electron chi connectivity index (χ1n) is 10.8. The van der Waals surface area contributed by atoms with E-state index >= 15 is 0 Å². The topological polar surface area (TPSA) is 95.9 Å². The highest BCUT2D eigenvalue weighted by molar-refractivity contribution is 5.88. The van der Waals surface area contributed by atoms with Crippen molar-refractivity contribution >= 4 is 18.0 Å². The van der Waals surface area contributed by atoms with E-state index in [1.165, 1.54) is 0 Å². The van der Waals surface area contributed by atoms with Gasteiger partial charge in [0, 0.05) is 18.4 Å². The summed E-state index contributed by atoms with van der Waals surface area (Å²) in [6.45, 7) is -0.632. The molecule has 0 aliphatic heterocycles. The fourth-order valence-corrected chi connectivity index (χ4v) is 4.30. The van der Waals surface area contributed by atoms with Crippen molar-refractivity contribution in [1.29, 1.82) is 0 Å². The summed E-state index contributed by atoms with van der Waals surface area (Å²) in [5, 5.41) is 11.3. The zero-order valence-corrected chi connectivity index (χ0v) is 17.7. The van der Waals surface area contributed by atoms with Gasteiger partial charge in [-0.3, -0.25) is 9.59 Å². The molecule has 7 nitrogen and oxygen atoms in total. The summed E-state index contributed by atoms with van der Waals surface area (Å²) >= 11 is 0. The summed E-state index contributed by atoms with van der Waals surface area (Å²) in [7, 11) is 0. The van der Waals surface area contributed by atoms with Crippen molar-refractivity contribution in [2.45, 2.75) is 43.7 Å². The van der Waals surface area contributed by atoms with E-state index in [0.29, 0.717) is 12.8 Å². The normalized spacial score (nSPS) is 15.5. The van der Waals surface area contributed by atoms with Crippen molar-refractivity contribution in [3.05, 3.63) is 59.7 Å². The number of rotatable bonds is 9. The number of alkyl carbamates (subject to hydrolysis) is 1. The lowest BCUT2D eigenvalue weighted by Gasteiger charge is -2.26. The molecular formula is C24H24F2N2O5. The molecular weight excluding hydrogens is 434 g/mol. The van der Waals surface area contributed by atoms with Crippen LogP contribution in [0.4, 0.5) is 13.6 Å². The van der Waals surface area contributed by atoms with Gasteiger partial charge in [0.25, 0.3) is 0 Å². The summed E-state index contributed by atoms with van der Waals surface area (Å²) < 4.78 is 31.6. The van der Waals surface area contributed by atoms with Crippen LogP contribution >= 0.6 is 0 Å². The maximum atomic E-state index is 13.1. The van der Waals surface area contributed by atoms with Crippen molar-refractivity contribution in [3.63, 3.8) is 0 Å². The number of halogens is 2. The molecule has 2 aromatic rings. The van der Waals surface area contributed by atoms with Crippen LogP contribution in [0.5, 0.6) is 0 Å². The minimum atomic E-state index is -2.86. The number of amides is 2. The highest BCUT2D eigenvalue weighted by atomic mass is 19.3. The lowest BCUT2D eigenvalue weighted by Crippen LogP contribution is -2.51. The molecule has 1 unspecified atom stereocenters. The Morgan fingerprint density at radius 3 is 2.12 bits per heavy atom. The van der Waals surface area contributed by atoms with Crippen LogP contribution in [0.1, 0.15) is 36.3 Å². The number of benzene rings is 2. The molecule has 0 bridgehead atoms. The fourth-order valence-electron chi connectivity index (χ4n) is 4.30. The quantitative estimate of drug-likeness (QED) is 0.598. The predicted molar refractivity (Wildman–Crippen MR) is 115 cm³/mol. The van der Waals surface area contributed by atoms with E-state index < -0.39 is 43.4 Å². The lowest BCUT2D eigenvalue weighted by atomic mass is 9.98. The van der Waals surface area contributed by atoms with Gasteiger partial charge in [-0.25, -0.2) is 13.6 Å². The van der Waals surface area contributed by atoms with Crippen LogP contribution in [0.3, 0.4) is 0 Å². The van der Waals surface area contributed by atoms with Gasteiger partial charge in [-0.05, 0) is 35.1 Å². The zero-order valence-electron chi connectivity index (χ0n) is 17.7. The number of nitrogens with one attached hydrogen (secondary N) is 1. The molecule has 2 aliphatic rings. The van der Waals surface area contributed by atoms with E-state index in [1.807, 2.05) is 48.5 Å². The fraction of sp³-hybridized carbons (Fsp3) is 0.375. The molecule has 2 aromatic carbocycles. The average molecular weight is 458 g/mol. The number of carbonyl (C=O) groups excluding carboxylic acids is 2. The Hall–Kier alpha value is -3.49. The number of hydrogen-bond donors (Lipinski definition) is 2. The average Bonchev–Trinajstić information content (AvgIpc) is 3.57. The largest absolute Gasteiger partial charge is 0.480 e. The van der Waals surface area contributed by atoms with Gasteiger partial charge in [0.05, 0.1) is 0 Å². The van der Waals surface area contributed by atoms with Gasteiger partial charge in [0.2, 0.25) is 12.3 Å². The van der Waals surface area contributed by atoms with E-state index in [-0.39, 0.29) is 18.6 Å². The molecule has 0 aromatic heterocycles. The second-order valence-electron chi connectivity index (χ2n) is 8.24. The number of carbonyl (C=O) groups is 3. The Balaban J connectivity index is 1.44. The van der Waals surface area contributed by atoms with Crippen LogP contribution in [-0.4, -0.2) is 59.6 Å². The van der Waals surface area contributed by atoms with Crippen molar-refractivity contribution in [2.24, 2.45) is 0 Å². The predicted octanol–water partition coefficient (Wildman–Crippen LogP) is 3.62. The Labute approximate surface area is 189 Å². The number of nitrogens with zero attached hydrogens (tertiary/aromatic N) is 1. The van der Waals surface area contributed by atoms with Crippen LogP contribution in [0, 0.1) is 0 Å². The zero-order chi connectivity index (χ0) is 23.5. The lowest BCUT2D eigenvalue weighted by molar-refractivity contribution is -0.146. The van der Waals surface area contributed by atoms with Gasteiger partial charge in [-0.1, -0.05) is 48.5 Å². The number of aliphatic carboxylic acids is 1. The molecule has 1 fully saturated rings. The summed E-state index contributed by atoms with van der Waals surface area (Å²) in [6.07, 6.45) is -3.58. The number of ether oxygens (including phenoxy) is 1. The van der Waals surface area contributed by atoms with Crippen LogP contribution in [0.25, 0.3) is 11.1 Å². The maximum Gasteiger partial charge on any atom is 0.407 e. The first-order valence-corrected chi connectivity index (χ1v) is 10.8. The summed E-state index contributed by atoms with van der Waals surface area (Å²) in [4.78, 5) is 37.4. The number of carboxylic acids is 1. The SMILES string of the molecule is O=C(O)CN(C(=O)C(CC(F)F)NC(=O)OCC1c2ccccc2-c2ccccc21)C1CC1. The van der Waals surface area contributed by atoms with Crippen LogP contribution in [0.2, 0.25) is 0 Å². The molecule has 4 rings (SSSR count). The molecule has 2 amide bonds. The molecule has 0 heterocycles. The van der Waals surface area contributed by atoms with E-state index in [1.54, 1.807) is 0 Å². The summed E-state index contributed by atoms with van der Waals surface area (Å²) in [6, 6.07) is 13.6. The molecule has 0 spiro atoms. The van der Waals surface area contributed by atoms with Gasteiger partial charge in [0.15, 0.2) is 0 Å². The van der Waals surface area contributed by atoms with Gasteiger partial charge in [-0.2, -0.15) is 0 Å². The molecule has 2 N–H and O–H groups in total. The first-order chi connectivity index (χ1) is 15.8. The van der Waals surface area contributed by atoms with E-state index in [2.05, 4.69) is 5.32 Å². The molecule has 174 valence electrons. The standard InChI is InChI=1S/C24H24F2N2O5/c25-21(26)11-20(23(31)28(12-22(29)30)14-9-10-14)27-24(32)33-13-19-17-7-3-1-5-15(17)16-6-2-4-8-18(16)19/h1-8,14,19-21H,9-13H2,(H,27,32)(H,29,30). The van der Waals surface area contributed by atoms with Crippen molar-refractivity contribution in [3.8, 4) is 11.1 Å². The number of hydrogen-bond acceptors (Lipinski definition) is 4. The Morgan fingerprint density at radius 2 is 1.61 bits per heavy atom. The van der Waals surface area contributed by atoms with Crippen LogP contribution in [0.15, 0.2) is 48.5 Å². The summed E-state index contributed by atoms with van der Waals surface area (Å²) in [5.41, 5.74) is 4.07. The Bertz CT molecular complexity index is 1010. The summed E-state index contributed by atoms with van der Waals surface area (Å²) in [5.74, 6) is -2.30. The van der Waals surface area contributed by atoms with E-state index in [9.17, 15) is 23.2 Å². The minimum Gasteiger partial charge on any atom is -0.480 e. The second kappa shape index (κ2) is 9.56. The molecule has 33 heavy (non-hydrogen) atoms. The van der Waals surface area contributed by atoms with Crippen LogP contribution in [-0.2, 0) is 14.3 Å². The van der Waals surface area contributed by atoms with Gasteiger partial charge in [-0.15, -0.1) is 0 Å². The third kappa shape index (κ3) is 5.13. The van der Waals surface area contributed by atoms with Gasteiger partial charge >= 0.3 is 12.1 Å². The maximum absolute atomic E-state index is 13.1. The van der Waals surface area contributed by atoms with Crippen molar-refractivity contribution in [1.82, 2.24) is 10.2 Å². The smallest absolute Gasteiger partial charge is 0.407 e. The van der Waals surface area contributed by atoms with E-state index in [0.717, 1.165) is 27.2 Å². The van der Waals surface area contributed by atoms with Gasteiger partial charge < -0.3 is 20.1 Å². The van der Waals surface area contributed by atoms with Crippen molar-refractivity contribution in [2.75, 3.05) is 13.2 Å². The number of fused-ring (bicyclic) bond motifs is 3. The Kier molecular flexibility index (Phi) is 6.57. The third-order valence-corrected chi connectivity index (χ3v) is 5.92. The highest BCUT2D eigenvalue weighted by Gasteiger charge is 2.39. The monoisotopic (exact) mass is 458 g/mol. The molecule has 0 saturated heterocycles. The van der Waals surface area contributed by atoms with Crippen LogP contribution < -0.4 is 5.32 Å². The molecule has 2 aliphatic carbocycles. The molecule has 9 heteroatoms. The van der Waals surface area contributed by atoms with E-state index in [4.69, 9.17) is 9.84 Å². The minimum absolute atomic E-state index is 0.0308. The second-order valence-corrected chi connectivity index (χ2v) is 8.24. The third-order valence-electron chi connectivity index (χ3n) is 5.92. The number of carboxylic acid groups (broad SMARTS) is 1.